The Morgan fingerprint density at radius 1 is 1.16 bits per heavy atom. The van der Waals surface area contributed by atoms with Gasteiger partial charge in [0.25, 0.3) is 0 Å². The van der Waals surface area contributed by atoms with Gasteiger partial charge < -0.3 is 10.1 Å². The topological polar surface area (TPSA) is 24.5 Å². The largest absolute Gasteiger partial charge is 0.376 e. The van der Waals surface area contributed by atoms with Crippen molar-refractivity contribution < 1.29 is 4.74 Å². The van der Waals surface area contributed by atoms with Gasteiger partial charge in [-0.2, -0.15) is 0 Å². The molecule has 0 aromatic rings. The van der Waals surface area contributed by atoms with Crippen LogP contribution >= 0.6 is 0 Å². The maximum Gasteiger partial charge on any atom is 0.0700 e. The molecule has 0 spiro atoms. The maximum atomic E-state index is 5.79. The Kier molecular flexibility index (Phi) is 6.62. The molecule has 3 atom stereocenters. The zero-order valence-electron chi connectivity index (χ0n) is 12.9. The van der Waals surface area contributed by atoms with Crippen LogP contribution in [-0.4, -0.2) is 49.8 Å². The maximum absolute atomic E-state index is 5.79. The van der Waals surface area contributed by atoms with E-state index in [9.17, 15) is 0 Å². The SMILES string of the molecule is CCNC1CCCCCC1CN1CCOC(CC)C1. The fourth-order valence-corrected chi connectivity index (χ4v) is 3.66. The van der Waals surface area contributed by atoms with Crippen LogP contribution in [0.1, 0.15) is 52.4 Å². The Morgan fingerprint density at radius 3 is 2.79 bits per heavy atom. The van der Waals surface area contributed by atoms with Crippen molar-refractivity contribution in [2.75, 3.05) is 32.8 Å². The predicted octanol–water partition coefficient (Wildman–Crippen LogP) is 2.66. The summed E-state index contributed by atoms with van der Waals surface area (Å²) in [4.78, 5) is 2.65. The van der Waals surface area contributed by atoms with Crippen molar-refractivity contribution >= 4 is 0 Å². The molecule has 1 saturated carbocycles. The predicted molar refractivity (Wildman–Crippen MR) is 80.5 cm³/mol. The molecular weight excluding hydrogens is 236 g/mol. The van der Waals surface area contributed by atoms with E-state index in [2.05, 4.69) is 24.1 Å². The van der Waals surface area contributed by atoms with Gasteiger partial charge in [-0.15, -0.1) is 0 Å². The van der Waals surface area contributed by atoms with Crippen LogP contribution in [-0.2, 0) is 4.74 Å². The molecule has 19 heavy (non-hydrogen) atoms. The summed E-state index contributed by atoms with van der Waals surface area (Å²) in [5, 5.41) is 3.73. The van der Waals surface area contributed by atoms with Gasteiger partial charge in [-0.3, -0.25) is 4.90 Å². The molecule has 1 saturated heterocycles. The zero-order valence-corrected chi connectivity index (χ0v) is 12.9. The van der Waals surface area contributed by atoms with Crippen molar-refractivity contribution in [1.29, 1.82) is 0 Å². The molecule has 2 fully saturated rings. The van der Waals surface area contributed by atoms with E-state index >= 15 is 0 Å². The van der Waals surface area contributed by atoms with Gasteiger partial charge in [-0.25, -0.2) is 0 Å². The zero-order chi connectivity index (χ0) is 13.5. The summed E-state index contributed by atoms with van der Waals surface area (Å²) in [7, 11) is 0. The Hall–Kier alpha value is -0.120. The number of hydrogen-bond donors (Lipinski definition) is 1. The molecule has 1 aliphatic carbocycles. The first kappa shape index (κ1) is 15.3. The van der Waals surface area contributed by atoms with Crippen molar-refractivity contribution in [3.63, 3.8) is 0 Å². The van der Waals surface area contributed by atoms with Crippen molar-refractivity contribution in [3.05, 3.63) is 0 Å². The normalized spacial score (nSPS) is 34.1. The van der Waals surface area contributed by atoms with Crippen LogP contribution in [0.25, 0.3) is 0 Å². The Balaban J connectivity index is 1.86. The fraction of sp³-hybridized carbons (Fsp3) is 1.00. The van der Waals surface area contributed by atoms with Gasteiger partial charge in [0.2, 0.25) is 0 Å². The molecule has 1 heterocycles. The van der Waals surface area contributed by atoms with E-state index < -0.39 is 0 Å². The monoisotopic (exact) mass is 268 g/mol. The highest BCUT2D eigenvalue weighted by Gasteiger charge is 2.27. The molecule has 112 valence electrons. The summed E-state index contributed by atoms with van der Waals surface area (Å²) >= 11 is 0. The first-order valence-corrected chi connectivity index (χ1v) is 8.40. The van der Waals surface area contributed by atoms with Crippen LogP contribution in [0.2, 0.25) is 0 Å². The van der Waals surface area contributed by atoms with Gasteiger partial charge in [-0.1, -0.05) is 33.1 Å². The number of rotatable bonds is 5. The number of morpholine rings is 1. The molecule has 0 radical (unpaired) electrons. The first-order chi connectivity index (χ1) is 9.33. The fourth-order valence-electron chi connectivity index (χ4n) is 3.66. The molecule has 1 aliphatic heterocycles. The Labute approximate surface area is 119 Å². The minimum atomic E-state index is 0.470. The van der Waals surface area contributed by atoms with E-state index in [1.54, 1.807) is 0 Å². The third-order valence-corrected chi connectivity index (χ3v) is 4.80. The van der Waals surface area contributed by atoms with Gasteiger partial charge in [0, 0.05) is 25.7 Å². The quantitative estimate of drug-likeness (QED) is 0.776. The summed E-state index contributed by atoms with van der Waals surface area (Å²) in [6.45, 7) is 10.1. The van der Waals surface area contributed by atoms with Gasteiger partial charge in [-0.05, 0) is 31.7 Å². The second-order valence-corrected chi connectivity index (χ2v) is 6.22. The first-order valence-electron chi connectivity index (χ1n) is 8.40. The lowest BCUT2D eigenvalue weighted by Gasteiger charge is -2.37. The third-order valence-electron chi connectivity index (χ3n) is 4.80. The van der Waals surface area contributed by atoms with E-state index in [4.69, 9.17) is 4.74 Å². The number of ether oxygens (including phenoxy) is 1. The van der Waals surface area contributed by atoms with E-state index in [1.165, 1.54) is 38.6 Å². The molecule has 0 aromatic carbocycles. The molecule has 3 heteroatoms. The summed E-state index contributed by atoms with van der Waals surface area (Å²) < 4.78 is 5.79. The van der Waals surface area contributed by atoms with Crippen molar-refractivity contribution in [2.45, 2.75) is 64.5 Å². The highest BCUT2D eigenvalue weighted by atomic mass is 16.5. The van der Waals surface area contributed by atoms with Crippen LogP contribution in [0, 0.1) is 5.92 Å². The second-order valence-electron chi connectivity index (χ2n) is 6.22. The average molecular weight is 268 g/mol. The smallest absolute Gasteiger partial charge is 0.0700 e. The minimum Gasteiger partial charge on any atom is -0.376 e. The third kappa shape index (κ3) is 4.73. The van der Waals surface area contributed by atoms with Crippen molar-refractivity contribution in [3.8, 4) is 0 Å². The van der Waals surface area contributed by atoms with Crippen LogP contribution in [0.4, 0.5) is 0 Å². The van der Waals surface area contributed by atoms with Gasteiger partial charge in [0.1, 0.15) is 0 Å². The van der Waals surface area contributed by atoms with E-state index in [0.717, 1.165) is 44.6 Å². The van der Waals surface area contributed by atoms with Gasteiger partial charge in [0.05, 0.1) is 12.7 Å². The van der Waals surface area contributed by atoms with Crippen LogP contribution in [0.15, 0.2) is 0 Å². The second kappa shape index (κ2) is 8.23. The minimum absolute atomic E-state index is 0.470. The summed E-state index contributed by atoms with van der Waals surface area (Å²) in [5.41, 5.74) is 0. The number of hydrogen-bond acceptors (Lipinski definition) is 3. The van der Waals surface area contributed by atoms with Crippen molar-refractivity contribution in [2.24, 2.45) is 5.92 Å². The lowest BCUT2D eigenvalue weighted by atomic mass is 9.93. The Morgan fingerprint density at radius 2 is 2.00 bits per heavy atom. The summed E-state index contributed by atoms with van der Waals surface area (Å²) in [6.07, 6.45) is 8.67. The summed E-state index contributed by atoms with van der Waals surface area (Å²) in [5.74, 6) is 0.845. The molecule has 0 bridgehead atoms. The van der Waals surface area contributed by atoms with Crippen LogP contribution < -0.4 is 5.32 Å². The Bertz CT molecular complexity index is 247. The molecular formula is C16H32N2O. The molecule has 3 unspecified atom stereocenters. The lowest BCUT2D eigenvalue weighted by Crippen LogP contribution is -2.48. The van der Waals surface area contributed by atoms with E-state index in [0.29, 0.717) is 6.10 Å². The molecule has 0 aromatic heterocycles. The summed E-state index contributed by atoms with van der Waals surface area (Å²) in [6, 6.07) is 0.746. The van der Waals surface area contributed by atoms with Crippen LogP contribution in [0.3, 0.4) is 0 Å². The molecule has 2 rings (SSSR count). The highest BCUT2D eigenvalue weighted by molar-refractivity contribution is 4.83. The number of nitrogens with one attached hydrogen (secondary N) is 1. The van der Waals surface area contributed by atoms with E-state index in [1.807, 2.05) is 0 Å². The average Bonchev–Trinajstić information content (AvgIpc) is 2.65. The number of nitrogens with zero attached hydrogens (tertiary/aromatic N) is 1. The van der Waals surface area contributed by atoms with Gasteiger partial charge in [0.15, 0.2) is 0 Å². The standard InChI is InChI=1S/C16H32N2O/c1-3-15-13-18(10-11-19-15)12-14-8-6-5-7-9-16(14)17-4-2/h14-17H,3-13H2,1-2H3. The van der Waals surface area contributed by atoms with E-state index in [-0.39, 0.29) is 0 Å². The lowest BCUT2D eigenvalue weighted by molar-refractivity contribution is -0.0358. The molecule has 2 aliphatic rings. The van der Waals surface area contributed by atoms with Crippen LogP contribution in [0.5, 0.6) is 0 Å². The molecule has 1 N–H and O–H groups in total. The molecule has 3 nitrogen and oxygen atoms in total. The van der Waals surface area contributed by atoms with Gasteiger partial charge >= 0.3 is 0 Å². The molecule has 0 amide bonds. The highest BCUT2D eigenvalue weighted by Crippen LogP contribution is 2.25. The van der Waals surface area contributed by atoms with Crippen molar-refractivity contribution in [1.82, 2.24) is 10.2 Å².